The standard InChI is InChI=1S/C18H15NO4/c1-2-19-14-8-4-3-7-13(14)17(21)16(18(19)22)15(20)10-9-12-6-5-11-23-12/h3-11,21H,2H2,1H3/b10-9+. The molecule has 0 saturated heterocycles. The molecule has 0 bridgehead atoms. The third kappa shape index (κ3) is 2.57. The zero-order valence-electron chi connectivity index (χ0n) is 12.5. The van der Waals surface area contributed by atoms with Gasteiger partial charge in [-0.3, -0.25) is 9.59 Å². The summed E-state index contributed by atoms with van der Waals surface area (Å²) in [6.45, 7) is 2.22. The van der Waals surface area contributed by atoms with Crippen molar-refractivity contribution in [3.63, 3.8) is 0 Å². The number of allylic oxidation sites excluding steroid dienone is 1. The van der Waals surface area contributed by atoms with E-state index >= 15 is 0 Å². The van der Waals surface area contributed by atoms with Crippen molar-refractivity contribution < 1.29 is 14.3 Å². The molecular weight excluding hydrogens is 294 g/mol. The summed E-state index contributed by atoms with van der Waals surface area (Å²) >= 11 is 0. The zero-order chi connectivity index (χ0) is 16.4. The molecular formula is C18H15NO4. The van der Waals surface area contributed by atoms with Crippen molar-refractivity contribution in [2.24, 2.45) is 0 Å². The summed E-state index contributed by atoms with van der Waals surface area (Å²) in [5, 5.41) is 10.9. The smallest absolute Gasteiger partial charge is 0.266 e. The summed E-state index contributed by atoms with van der Waals surface area (Å²) < 4.78 is 6.59. The van der Waals surface area contributed by atoms with Crippen molar-refractivity contribution in [2.75, 3.05) is 0 Å². The lowest BCUT2D eigenvalue weighted by Gasteiger charge is -2.12. The number of furan rings is 1. The number of hydrogen-bond donors (Lipinski definition) is 1. The van der Waals surface area contributed by atoms with Crippen molar-refractivity contribution >= 4 is 22.8 Å². The number of pyridine rings is 1. The Morgan fingerprint density at radius 3 is 2.74 bits per heavy atom. The highest BCUT2D eigenvalue weighted by Crippen LogP contribution is 2.26. The molecule has 5 nitrogen and oxygen atoms in total. The van der Waals surface area contributed by atoms with Crippen LogP contribution in [0, 0.1) is 0 Å². The number of fused-ring (bicyclic) bond motifs is 1. The van der Waals surface area contributed by atoms with Crippen LogP contribution in [0.4, 0.5) is 0 Å². The molecule has 0 atom stereocenters. The third-order valence-electron chi connectivity index (χ3n) is 3.65. The molecule has 0 aliphatic rings. The molecule has 23 heavy (non-hydrogen) atoms. The summed E-state index contributed by atoms with van der Waals surface area (Å²) in [5.41, 5.74) is -0.129. The molecule has 1 N–H and O–H groups in total. The number of aromatic hydroxyl groups is 1. The summed E-state index contributed by atoms with van der Waals surface area (Å²) in [7, 11) is 0. The average Bonchev–Trinajstić information content (AvgIpc) is 3.07. The van der Waals surface area contributed by atoms with Gasteiger partial charge in [0, 0.05) is 11.9 Å². The SMILES string of the molecule is CCn1c(=O)c(C(=O)/C=C/c2ccco2)c(O)c2ccccc21. The zero-order valence-corrected chi connectivity index (χ0v) is 12.5. The lowest BCUT2D eigenvalue weighted by atomic mass is 10.1. The van der Waals surface area contributed by atoms with Crippen molar-refractivity contribution in [3.8, 4) is 5.75 Å². The number of hydrogen-bond acceptors (Lipinski definition) is 4. The van der Waals surface area contributed by atoms with Gasteiger partial charge in [-0.1, -0.05) is 12.1 Å². The number of carbonyl (C=O) groups is 1. The third-order valence-corrected chi connectivity index (χ3v) is 3.65. The Bertz CT molecular complexity index is 949. The molecule has 2 aromatic heterocycles. The number of benzene rings is 1. The predicted molar refractivity (Wildman–Crippen MR) is 87.6 cm³/mol. The minimum Gasteiger partial charge on any atom is -0.506 e. The fraction of sp³-hybridized carbons (Fsp3) is 0.111. The van der Waals surface area contributed by atoms with Crippen LogP contribution >= 0.6 is 0 Å². The number of nitrogens with zero attached hydrogens (tertiary/aromatic N) is 1. The van der Waals surface area contributed by atoms with Crippen LogP contribution in [0.15, 0.2) is 57.9 Å². The fourth-order valence-corrected chi connectivity index (χ4v) is 2.55. The van der Waals surface area contributed by atoms with Gasteiger partial charge in [0.2, 0.25) is 0 Å². The van der Waals surface area contributed by atoms with E-state index < -0.39 is 11.3 Å². The number of ketones is 1. The number of para-hydroxylation sites is 1. The second kappa shape index (κ2) is 5.96. The molecule has 0 amide bonds. The molecule has 0 saturated carbocycles. The van der Waals surface area contributed by atoms with Crippen molar-refractivity contribution in [1.82, 2.24) is 4.57 Å². The molecule has 0 unspecified atom stereocenters. The summed E-state index contributed by atoms with van der Waals surface area (Å²) in [5.74, 6) is -0.351. The second-order valence-corrected chi connectivity index (χ2v) is 5.00. The van der Waals surface area contributed by atoms with Gasteiger partial charge in [0.05, 0.1) is 11.8 Å². The minimum atomic E-state index is -0.558. The van der Waals surface area contributed by atoms with E-state index in [2.05, 4.69) is 0 Å². The number of aromatic nitrogens is 1. The Balaban J connectivity index is 2.17. The molecule has 1 aromatic carbocycles. The minimum absolute atomic E-state index is 0.228. The van der Waals surface area contributed by atoms with E-state index in [1.165, 1.54) is 23.0 Å². The molecule has 0 spiro atoms. The van der Waals surface area contributed by atoms with Gasteiger partial charge in [-0.2, -0.15) is 0 Å². The Morgan fingerprint density at radius 2 is 2.04 bits per heavy atom. The fourth-order valence-electron chi connectivity index (χ4n) is 2.55. The molecule has 0 aliphatic heterocycles. The van der Waals surface area contributed by atoms with Gasteiger partial charge < -0.3 is 14.1 Å². The van der Waals surface area contributed by atoms with Crippen LogP contribution < -0.4 is 5.56 Å². The first-order valence-electron chi connectivity index (χ1n) is 7.24. The van der Waals surface area contributed by atoms with Gasteiger partial charge in [0.25, 0.3) is 5.56 Å². The summed E-state index contributed by atoms with van der Waals surface area (Å²) in [6.07, 6.45) is 4.18. The first kappa shape index (κ1) is 14.8. The summed E-state index contributed by atoms with van der Waals surface area (Å²) in [6, 6.07) is 10.3. The molecule has 0 radical (unpaired) electrons. The molecule has 2 heterocycles. The topological polar surface area (TPSA) is 72.4 Å². The monoisotopic (exact) mass is 309 g/mol. The van der Waals surface area contributed by atoms with Crippen molar-refractivity contribution in [3.05, 3.63) is 70.4 Å². The van der Waals surface area contributed by atoms with Crippen LogP contribution in [0.25, 0.3) is 17.0 Å². The maximum absolute atomic E-state index is 12.6. The largest absolute Gasteiger partial charge is 0.506 e. The quantitative estimate of drug-likeness (QED) is 0.593. The van der Waals surface area contributed by atoms with Crippen LogP contribution in [0.5, 0.6) is 5.75 Å². The lowest BCUT2D eigenvalue weighted by molar-refractivity contribution is 0.104. The van der Waals surface area contributed by atoms with E-state index in [9.17, 15) is 14.7 Å². The van der Waals surface area contributed by atoms with Gasteiger partial charge in [-0.05, 0) is 43.3 Å². The van der Waals surface area contributed by atoms with Crippen LogP contribution in [-0.2, 0) is 6.54 Å². The second-order valence-electron chi connectivity index (χ2n) is 5.00. The van der Waals surface area contributed by atoms with E-state index in [0.717, 1.165) is 0 Å². The van der Waals surface area contributed by atoms with E-state index in [4.69, 9.17) is 4.42 Å². The van der Waals surface area contributed by atoms with Crippen LogP contribution in [0.2, 0.25) is 0 Å². The first-order valence-corrected chi connectivity index (χ1v) is 7.24. The number of carbonyl (C=O) groups excluding carboxylic acids is 1. The van der Waals surface area contributed by atoms with E-state index in [-0.39, 0.29) is 11.3 Å². The Labute approximate surface area is 132 Å². The van der Waals surface area contributed by atoms with Crippen LogP contribution in [0.3, 0.4) is 0 Å². The van der Waals surface area contributed by atoms with Gasteiger partial charge in [0.15, 0.2) is 5.78 Å². The molecule has 0 aliphatic carbocycles. The molecule has 116 valence electrons. The molecule has 3 rings (SSSR count). The highest BCUT2D eigenvalue weighted by atomic mass is 16.3. The highest BCUT2D eigenvalue weighted by Gasteiger charge is 2.19. The van der Waals surface area contributed by atoms with Gasteiger partial charge >= 0.3 is 0 Å². The predicted octanol–water partition coefficient (Wildman–Crippen LogP) is 3.22. The lowest BCUT2D eigenvalue weighted by Crippen LogP contribution is -2.26. The maximum Gasteiger partial charge on any atom is 0.266 e. The first-order chi connectivity index (χ1) is 11.1. The Hall–Kier alpha value is -3.08. The summed E-state index contributed by atoms with van der Waals surface area (Å²) in [4.78, 5) is 25.0. The molecule has 0 fully saturated rings. The van der Waals surface area contributed by atoms with Gasteiger partial charge in [0.1, 0.15) is 17.1 Å². The number of rotatable bonds is 4. The average molecular weight is 309 g/mol. The van der Waals surface area contributed by atoms with E-state index in [0.29, 0.717) is 23.2 Å². The normalized spacial score (nSPS) is 11.3. The highest BCUT2D eigenvalue weighted by molar-refractivity contribution is 6.11. The molecule has 3 aromatic rings. The Kier molecular flexibility index (Phi) is 3.85. The molecule has 5 heteroatoms. The van der Waals surface area contributed by atoms with E-state index in [1.54, 1.807) is 36.4 Å². The van der Waals surface area contributed by atoms with Crippen LogP contribution in [0.1, 0.15) is 23.0 Å². The van der Waals surface area contributed by atoms with Crippen molar-refractivity contribution in [2.45, 2.75) is 13.5 Å². The Morgan fingerprint density at radius 1 is 1.26 bits per heavy atom. The van der Waals surface area contributed by atoms with Crippen LogP contribution in [-0.4, -0.2) is 15.5 Å². The van der Waals surface area contributed by atoms with Gasteiger partial charge in [-0.15, -0.1) is 0 Å². The van der Waals surface area contributed by atoms with Crippen molar-refractivity contribution in [1.29, 1.82) is 0 Å². The van der Waals surface area contributed by atoms with E-state index in [1.807, 2.05) is 6.92 Å². The number of aryl methyl sites for hydroxylation is 1. The maximum atomic E-state index is 12.6. The van der Waals surface area contributed by atoms with Gasteiger partial charge in [-0.25, -0.2) is 0 Å².